The molecule has 0 fully saturated rings. The number of nitrogens with zero attached hydrogens (tertiary/aromatic N) is 3. The zero-order valence-corrected chi connectivity index (χ0v) is 10.4. The Morgan fingerprint density at radius 3 is 2.89 bits per heavy atom. The summed E-state index contributed by atoms with van der Waals surface area (Å²) < 4.78 is 5.43. The summed E-state index contributed by atoms with van der Waals surface area (Å²) in [6.07, 6.45) is 0.878. The van der Waals surface area contributed by atoms with Crippen molar-refractivity contribution in [3.63, 3.8) is 0 Å². The molecule has 2 aromatic rings. The van der Waals surface area contributed by atoms with Crippen molar-refractivity contribution in [3.8, 4) is 5.75 Å². The normalized spacial score (nSPS) is 10.1. The molecule has 0 spiro atoms. The van der Waals surface area contributed by atoms with E-state index in [0.717, 1.165) is 5.75 Å². The second kappa shape index (κ2) is 7.10. The van der Waals surface area contributed by atoms with Crippen LogP contribution in [0.2, 0.25) is 0 Å². The van der Waals surface area contributed by atoms with Crippen molar-refractivity contribution >= 4 is 5.91 Å². The van der Waals surface area contributed by atoms with Gasteiger partial charge in [-0.1, -0.05) is 23.4 Å². The van der Waals surface area contributed by atoms with Crippen molar-refractivity contribution in [1.29, 1.82) is 0 Å². The van der Waals surface area contributed by atoms with Gasteiger partial charge in [0.15, 0.2) is 5.82 Å². The standard InChI is InChI=1S/C12H15N5O2/c18-12(13-8-6-11-14-16-17-15-11)7-9-19-10-4-2-1-3-5-10/h1-5H,6-9H2,(H,13,18)(H,14,15,16,17). The topological polar surface area (TPSA) is 92.8 Å². The van der Waals surface area contributed by atoms with Crippen molar-refractivity contribution < 1.29 is 9.53 Å². The van der Waals surface area contributed by atoms with E-state index in [0.29, 0.717) is 31.8 Å². The van der Waals surface area contributed by atoms with Crippen molar-refractivity contribution in [2.45, 2.75) is 12.8 Å². The average Bonchev–Trinajstić information content (AvgIpc) is 2.93. The number of rotatable bonds is 7. The number of para-hydroxylation sites is 1. The third kappa shape index (κ3) is 4.74. The van der Waals surface area contributed by atoms with Gasteiger partial charge >= 0.3 is 0 Å². The van der Waals surface area contributed by atoms with Gasteiger partial charge in [-0.05, 0) is 12.1 Å². The summed E-state index contributed by atoms with van der Waals surface area (Å²) in [6.45, 7) is 0.849. The second-order valence-corrected chi connectivity index (χ2v) is 3.84. The molecule has 0 aliphatic carbocycles. The van der Waals surface area contributed by atoms with Crippen LogP contribution in [0.1, 0.15) is 12.2 Å². The first-order valence-electron chi connectivity index (χ1n) is 6.01. The minimum absolute atomic E-state index is 0.0561. The number of hydrogen-bond acceptors (Lipinski definition) is 5. The van der Waals surface area contributed by atoms with Crippen LogP contribution >= 0.6 is 0 Å². The predicted octanol–water partition coefficient (Wildman–Crippen LogP) is 0.327. The van der Waals surface area contributed by atoms with Gasteiger partial charge in [-0.3, -0.25) is 4.79 Å². The molecule has 1 amide bonds. The minimum Gasteiger partial charge on any atom is -0.493 e. The highest BCUT2D eigenvalue weighted by Gasteiger charge is 2.03. The van der Waals surface area contributed by atoms with Crippen LogP contribution in [-0.2, 0) is 11.2 Å². The number of benzene rings is 1. The highest BCUT2D eigenvalue weighted by Crippen LogP contribution is 2.08. The van der Waals surface area contributed by atoms with E-state index in [4.69, 9.17) is 4.74 Å². The first-order valence-corrected chi connectivity index (χ1v) is 6.01. The maximum absolute atomic E-state index is 11.5. The number of aromatic nitrogens is 4. The molecule has 7 heteroatoms. The number of tetrazole rings is 1. The van der Waals surface area contributed by atoms with Gasteiger partial charge in [0.05, 0.1) is 13.0 Å². The number of carbonyl (C=O) groups is 1. The van der Waals surface area contributed by atoms with E-state index in [1.807, 2.05) is 30.3 Å². The molecule has 100 valence electrons. The van der Waals surface area contributed by atoms with Gasteiger partial charge in [0.2, 0.25) is 5.91 Å². The number of amides is 1. The third-order valence-corrected chi connectivity index (χ3v) is 2.40. The van der Waals surface area contributed by atoms with Crippen LogP contribution in [0.4, 0.5) is 0 Å². The number of aromatic amines is 1. The molecule has 19 heavy (non-hydrogen) atoms. The zero-order valence-electron chi connectivity index (χ0n) is 10.4. The second-order valence-electron chi connectivity index (χ2n) is 3.84. The lowest BCUT2D eigenvalue weighted by Crippen LogP contribution is -2.27. The van der Waals surface area contributed by atoms with Gasteiger partial charge < -0.3 is 10.1 Å². The van der Waals surface area contributed by atoms with Gasteiger partial charge in [-0.15, -0.1) is 10.2 Å². The fraction of sp³-hybridized carbons (Fsp3) is 0.333. The van der Waals surface area contributed by atoms with E-state index in [2.05, 4.69) is 25.9 Å². The Hall–Kier alpha value is -2.44. The van der Waals surface area contributed by atoms with Crippen molar-refractivity contribution in [1.82, 2.24) is 25.9 Å². The molecule has 0 radical (unpaired) electrons. The Kier molecular flexibility index (Phi) is 4.86. The highest BCUT2D eigenvalue weighted by atomic mass is 16.5. The lowest BCUT2D eigenvalue weighted by molar-refractivity contribution is -0.121. The molecule has 0 aliphatic rings. The molecule has 0 saturated heterocycles. The Labute approximate surface area is 110 Å². The van der Waals surface area contributed by atoms with Crippen LogP contribution in [-0.4, -0.2) is 39.7 Å². The Morgan fingerprint density at radius 1 is 1.32 bits per heavy atom. The fourth-order valence-electron chi connectivity index (χ4n) is 1.47. The van der Waals surface area contributed by atoms with Crippen LogP contribution in [0.15, 0.2) is 30.3 Å². The average molecular weight is 261 g/mol. The van der Waals surface area contributed by atoms with E-state index >= 15 is 0 Å². The summed E-state index contributed by atoms with van der Waals surface area (Å²) >= 11 is 0. The molecular weight excluding hydrogens is 246 g/mol. The molecular formula is C12H15N5O2. The van der Waals surface area contributed by atoms with Gasteiger partial charge in [0.1, 0.15) is 5.75 Å². The van der Waals surface area contributed by atoms with Gasteiger partial charge in [0, 0.05) is 13.0 Å². The monoisotopic (exact) mass is 261 g/mol. The van der Waals surface area contributed by atoms with Crippen LogP contribution in [0.3, 0.4) is 0 Å². The fourth-order valence-corrected chi connectivity index (χ4v) is 1.47. The molecule has 2 N–H and O–H groups in total. The SMILES string of the molecule is O=C(CCOc1ccccc1)NCCc1nn[nH]n1. The summed E-state index contributed by atoms with van der Waals surface area (Å²) in [5.74, 6) is 1.29. The van der Waals surface area contributed by atoms with Crippen LogP contribution in [0, 0.1) is 0 Å². The van der Waals surface area contributed by atoms with E-state index < -0.39 is 0 Å². The molecule has 1 aromatic carbocycles. The van der Waals surface area contributed by atoms with Crippen LogP contribution in [0.25, 0.3) is 0 Å². The Bertz CT molecular complexity index is 486. The number of hydrogen-bond donors (Lipinski definition) is 2. The first kappa shape index (κ1) is 13.0. The third-order valence-electron chi connectivity index (χ3n) is 2.40. The quantitative estimate of drug-likeness (QED) is 0.749. The summed E-state index contributed by atoms with van der Waals surface area (Å²) in [6, 6.07) is 9.40. The molecule has 0 unspecified atom stereocenters. The van der Waals surface area contributed by atoms with E-state index in [1.165, 1.54) is 0 Å². The molecule has 0 bridgehead atoms. The summed E-state index contributed by atoms with van der Waals surface area (Å²) in [4.78, 5) is 11.5. The number of ether oxygens (including phenoxy) is 1. The lowest BCUT2D eigenvalue weighted by atomic mass is 10.3. The van der Waals surface area contributed by atoms with Gasteiger partial charge in [-0.25, -0.2) is 0 Å². The molecule has 0 saturated carbocycles. The minimum atomic E-state index is -0.0561. The lowest BCUT2D eigenvalue weighted by Gasteiger charge is -2.06. The predicted molar refractivity (Wildman–Crippen MR) is 67.4 cm³/mol. The summed E-state index contributed by atoms with van der Waals surface area (Å²) in [5.41, 5.74) is 0. The molecule has 7 nitrogen and oxygen atoms in total. The van der Waals surface area contributed by atoms with Crippen molar-refractivity contribution in [3.05, 3.63) is 36.2 Å². The zero-order chi connectivity index (χ0) is 13.3. The number of carbonyl (C=O) groups excluding carboxylic acids is 1. The number of H-pyrrole nitrogens is 1. The molecule has 2 rings (SSSR count). The van der Waals surface area contributed by atoms with E-state index in [-0.39, 0.29) is 5.91 Å². The van der Waals surface area contributed by atoms with Gasteiger partial charge in [-0.2, -0.15) is 5.21 Å². The van der Waals surface area contributed by atoms with E-state index in [9.17, 15) is 4.79 Å². The molecule has 1 aromatic heterocycles. The van der Waals surface area contributed by atoms with Gasteiger partial charge in [0.25, 0.3) is 0 Å². The van der Waals surface area contributed by atoms with E-state index in [1.54, 1.807) is 0 Å². The maximum atomic E-state index is 11.5. The smallest absolute Gasteiger partial charge is 0.223 e. The molecule has 0 atom stereocenters. The van der Waals surface area contributed by atoms with Crippen molar-refractivity contribution in [2.75, 3.05) is 13.2 Å². The maximum Gasteiger partial charge on any atom is 0.223 e. The molecule has 0 aliphatic heterocycles. The highest BCUT2D eigenvalue weighted by molar-refractivity contribution is 5.75. The molecule has 1 heterocycles. The van der Waals surface area contributed by atoms with Crippen LogP contribution in [0.5, 0.6) is 5.75 Å². The Morgan fingerprint density at radius 2 is 2.16 bits per heavy atom. The Balaban J connectivity index is 1.57. The van der Waals surface area contributed by atoms with Crippen molar-refractivity contribution in [2.24, 2.45) is 0 Å². The number of nitrogens with one attached hydrogen (secondary N) is 2. The largest absolute Gasteiger partial charge is 0.493 e. The summed E-state index contributed by atoms with van der Waals surface area (Å²) in [7, 11) is 0. The first-order chi connectivity index (χ1) is 9.34. The van der Waals surface area contributed by atoms with Crippen LogP contribution < -0.4 is 10.1 Å². The summed E-state index contributed by atoms with van der Waals surface area (Å²) in [5, 5.41) is 16.1.